The SMILES string of the molecule is C.C.CC(C)CC1(O)CC(F)(F)C1.CC(C)n1cccn1.CS(=O)(=O)O. The number of aliphatic hydroxyl groups is 1. The molecule has 0 radical (unpaired) electrons. The summed E-state index contributed by atoms with van der Waals surface area (Å²) < 4.78 is 52.4. The minimum atomic E-state index is -3.67. The van der Waals surface area contributed by atoms with Crippen LogP contribution in [0.5, 0.6) is 0 Å². The summed E-state index contributed by atoms with van der Waals surface area (Å²) in [6.45, 7) is 8.06. The lowest BCUT2D eigenvalue weighted by molar-refractivity contribution is -0.210. The summed E-state index contributed by atoms with van der Waals surface area (Å²) in [6, 6.07) is 2.42. The highest BCUT2D eigenvalue weighted by Crippen LogP contribution is 2.48. The summed E-state index contributed by atoms with van der Waals surface area (Å²) in [7, 11) is -3.67. The molecule has 6 nitrogen and oxygen atoms in total. The van der Waals surface area contributed by atoms with E-state index in [1.54, 1.807) is 6.20 Å². The van der Waals surface area contributed by atoms with Crippen LogP contribution in [-0.2, 0) is 10.1 Å². The standard InChI is InChI=1S/C8H14F2O.C6H10N2.CH4O3S.2CH4/c1-6(2)3-7(11)4-8(9,10)5-7;1-6(2)8-5-3-4-7-8;1-5(2,3)4;;/h6,11H,3-5H2,1-2H3;3-6H,1-2H3;1H3,(H,2,3,4);2*1H4. The van der Waals surface area contributed by atoms with Crippen LogP contribution < -0.4 is 0 Å². The Labute approximate surface area is 157 Å². The summed E-state index contributed by atoms with van der Waals surface area (Å²) in [5, 5.41) is 13.5. The van der Waals surface area contributed by atoms with Crippen molar-refractivity contribution in [1.82, 2.24) is 9.78 Å². The van der Waals surface area contributed by atoms with Gasteiger partial charge in [-0.15, -0.1) is 0 Å². The van der Waals surface area contributed by atoms with Gasteiger partial charge < -0.3 is 5.11 Å². The van der Waals surface area contributed by atoms with E-state index < -0.39 is 21.6 Å². The van der Waals surface area contributed by atoms with Crippen molar-refractivity contribution in [3.05, 3.63) is 18.5 Å². The molecule has 2 rings (SSSR count). The lowest BCUT2D eigenvalue weighted by atomic mass is 9.72. The van der Waals surface area contributed by atoms with E-state index in [1.807, 2.05) is 30.8 Å². The average molecular weight is 403 g/mol. The number of hydrogen-bond acceptors (Lipinski definition) is 4. The molecule has 1 aliphatic rings. The van der Waals surface area contributed by atoms with Gasteiger partial charge in [-0.05, 0) is 32.3 Å². The van der Waals surface area contributed by atoms with Crippen molar-refractivity contribution in [1.29, 1.82) is 0 Å². The Kier molecular flexibility index (Phi) is 13.3. The van der Waals surface area contributed by atoms with E-state index in [1.165, 1.54) is 0 Å². The third kappa shape index (κ3) is 15.2. The molecule has 0 amide bonds. The zero-order valence-corrected chi connectivity index (χ0v) is 15.6. The van der Waals surface area contributed by atoms with E-state index in [0.717, 1.165) is 0 Å². The molecule has 1 aromatic heterocycles. The van der Waals surface area contributed by atoms with Crippen molar-refractivity contribution < 1.29 is 26.9 Å². The van der Waals surface area contributed by atoms with Gasteiger partial charge in [0.2, 0.25) is 0 Å². The normalized spacial score (nSPS) is 16.7. The van der Waals surface area contributed by atoms with Crippen molar-refractivity contribution in [3.63, 3.8) is 0 Å². The van der Waals surface area contributed by atoms with E-state index in [9.17, 15) is 22.3 Å². The maximum atomic E-state index is 12.3. The van der Waals surface area contributed by atoms with E-state index in [4.69, 9.17) is 4.55 Å². The van der Waals surface area contributed by atoms with Crippen LogP contribution >= 0.6 is 0 Å². The predicted octanol–water partition coefficient (Wildman–Crippen LogP) is 4.43. The number of alkyl halides is 2. The molecule has 1 aromatic rings. The van der Waals surface area contributed by atoms with Crippen LogP contribution in [-0.4, -0.2) is 45.6 Å². The maximum absolute atomic E-state index is 12.3. The molecule has 1 fully saturated rings. The highest BCUT2D eigenvalue weighted by Gasteiger charge is 2.55. The molecule has 2 N–H and O–H groups in total. The minimum absolute atomic E-state index is 0. The number of halogens is 2. The van der Waals surface area contributed by atoms with Gasteiger partial charge in [-0.25, -0.2) is 8.78 Å². The maximum Gasteiger partial charge on any atom is 0.261 e. The first-order valence-corrected chi connectivity index (χ1v) is 9.50. The van der Waals surface area contributed by atoms with Gasteiger partial charge in [0.1, 0.15) is 0 Å². The summed E-state index contributed by atoms with van der Waals surface area (Å²) in [4.78, 5) is 0. The van der Waals surface area contributed by atoms with Crippen LogP contribution in [0, 0.1) is 5.92 Å². The smallest absolute Gasteiger partial charge is 0.261 e. The molecule has 0 aromatic carbocycles. The summed E-state index contributed by atoms with van der Waals surface area (Å²) in [5.74, 6) is -2.32. The van der Waals surface area contributed by atoms with Crippen molar-refractivity contribution in [3.8, 4) is 0 Å². The molecule has 0 unspecified atom stereocenters. The number of hydrogen-bond donors (Lipinski definition) is 2. The zero-order valence-electron chi connectivity index (χ0n) is 14.8. The molecule has 0 atom stereocenters. The highest BCUT2D eigenvalue weighted by molar-refractivity contribution is 7.85. The predicted molar refractivity (Wildman–Crippen MR) is 102 cm³/mol. The molecular formula is C17H36F2N2O4S. The molecule has 1 aliphatic carbocycles. The molecule has 0 spiro atoms. The Hall–Kier alpha value is -1.06. The van der Waals surface area contributed by atoms with Gasteiger partial charge in [-0.2, -0.15) is 13.5 Å². The van der Waals surface area contributed by atoms with Gasteiger partial charge in [0, 0.05) is 31.3 Å². The third-order valence-corrected chi connectivity index (χ3v) is 3.02. The van der Waals surface area contributed by atoms with Crippen molar-refractivity contribution in [2.24, 2.45) is 5.92 Å². The average Bonchev–Trinajstić information content (AvgIpc) is 2.75. The van der Waals surface area contributed by atoms with Gasteiger partial charge in [-0.3, -0.25) is 9.23 Å². The van der Waals surface area contributed by atoms with Crippen LogP contribution in [0.1, 0.15) is 67.9 Å². The molecule has 1 saturated carbocycles. The molecule has 1 heterocycles. The van der Waals surface area contributed by atoms with E-state index in [-0.39, 0.29) is 33.6 Å². The Balaban J connectivity index is -0.000000315. The second-order valence-corrected chi connectivity index (χ2v) is 8.31. The number of nitrogens with zero attached hydrogens (tertiary/aromatic N) is 2. The molecule has 158 valence electrons. The molecule has 0 saturated heterocycles. The van der Waals surface area contributed by atoms with Gasteiger partial charge in [0.15, 0.2) is 0 Å². The first-order chi connectivity index (χ1) is 10.6. The minimum Gasteiger partial charge on any atom is -0.389 e. The van der Waals surface area contributed by atoms with Crippen LogP contribution in [0.4, 0.5) is 8.78 Å². The van der Waals surface area contributed by atoms with E-state index >= 15 is 0 Å². The zero-order chi connectivity index (χ0) is 19.2. The lowest BCUT2D eigenvalue weighted by Crippen LogP contribution is -2.52. The number of rotatable bonds is 3. The van der Waals surface area contributed by atoms with Gasteiger partial charge >= 0.3 is 0 Å². The fourth-order valence-corrected chi connectivity index (χ4v) is 2.40. The van der Waals surface area contributed by atoms with Crippen LogP contribution in [0.25, 0.3) is 0 Å². The Morgan fingerprint density at radius 2 is 1.62 bits per heavy atom. The Morgan fingerprint density at radius 3 is 1.81 bits per heavy atom. The van der Waals surface area contributed by atoms with Gasteiger partial charge in [0.05, 0.1) is 11.9 Å². The summed E-state index contributed by atoms with van der Waals surface area (Å²) >= 11 is 0. The van der Waals surface area contributed by atoms with Crippen molar-refractivity contribution in [2.45, 2.75) is 79.4 Å². The first-order valence-electron chi connectivity index (χ1n) is 7.65. The van der Waals surface area contributed by atoms with E-state index in [0.29, 0.717) is 18.7 Å². The van der Waals surface area contributed by atoms with Crippen LogP contribution in [0.2, 0.25) is 0 Å². The quantitative estimate of drug-likeness (QED) is 0.730. The fourth-order valence-electron chi connectivity index (χ4n) is 2.40. The van der Waals surface area contributed by atoms with Gasteiger partial charge in [-0.1, -0.05) is 28.7 Å². The molecular weight excluding hydrogens is 366 g/mol. The van der Waals surface area contributed by atoms with Crippen LogP contribution in [0.15, 0.2) is 18.5 Å². The molecule has 9 heteroatoms. The molecule has 0 bridgehead atoms. The highest BCUT2D eigenvalue weighted by atomic mass is 32.2. The molecule has 26 heavy (non-hydrogen) atoms. The number of aromatic nitrogens is 2. The monoisotopic (exact) mass is 402 g/mol. The second-order valence-electron chi connectivity index (χ2n) is 6.84. The largest absolute Gasteiger partial charge is 0.389 e. The third-order valence-electron chi connectivity index (χ3n) is 3.02. The van der Waals surface area contributed by atoms with Crippen molar-refractivity contribution in [2.75, 3.05) is 6.26 Å². The van der Waals surface area contributed by atoms with Crippen molar-refractivity contribution >= 4 is 10.1 Å². The first kappa shape index (κ1) is 29.7. The second kappa shape index (κ2) is 11.6. The van der Waals surface area contributed by atoms with Gasteiger partial charge in [0.25, 0.3) is 16.0 Å². The summed E-state index contributed by atoms with van der Waals surface area (Å²) in [6.07, 6.45) is 4.26. The Bertz CT molecular complexity index is 552. The topological polar surface area (TPSA) is 92.4 Å². The Morgan fingerprint density at radius 1 is 1.19 bits per heavy atom. The van der Waals surface area contributed by atoms with Crippen LogP contribution in [0.3, 0.4) is 0 Å². The summed E-state index contributed by atoms with van der Waals surface area (Å²) in [5.41, 5.74) is -1.07. The van der Waals surface area contributed by atoms with E-state index in [2.05, 4.69) is 18.9 Å². The lowest BCUT2D eigenvalue weighted by Gasteiger charge is -2.44. The fraction of sp³-hybridized carbons (Fsp3) is 0.824. The molecule has 0 aliphatic heterocycles.